The highest BCUT2D eigenvalue weighted by Gasteiger charge is 1.97. The molecule has 0 spiro atoms. The van der Waals surface area contributed by atoms with Crippen LogP contribution in [0.5, 0.6) is 0 Å². The van der Waals surface area contributed by atoms with Crippen molar-refractivity contribution in [2.24, 2.45) is 5.10 Å². The molecule has 5 heteroatoms. The molecule has 0 aliphatic rings. The summed E-state index contributed by atoms with van der Waals surface area (Å²) in [6, 6.07) is 3.68. The van der Waals surface area contributed by atoms with E-state index in [4.69, 9.17) is 0 Å². The lowest BCUT2D eigenvalue weighted by Gasteiger charge is -1.93. The van der Waals surface area contributed by atoms with Gasteiger partial charge in [0, 0.05) is 24.2 Å². The van der Waals surface area contributed by atoms with Crippen molar-refractivity contribution in [3.63, 3.8) is 0 Å². The van der Waals surface area contributed by atoms with Crippen LogP contribution in [0.1, 0.15) is 11.3 Å². The molecule has 2 aromatic rings. The minimum Gasteiger partial charge on any atom is -0.311 e. The third-order valence-electron chi connectivity index (χ3n) is 1.94. The topological polar surface area (TPSA) is 63.0 Å². The van der Waals surface area contributed by atoms with Gasteiger partial charge in [0.15, 0.2) is 0 Å². The first-order chi connectivity index (χ1) is 7.27. The fourth-order valence-electron chi connectivity index (χ4n) is 1.17. The fraction of sp³-hybridized carbons (Fsp3) is 0.100. The first kappa shape index (κ1) is 9.39. The Morgan fingerprint density at radius 1 is 1.60 bits per heavy atom. The molecule has 0 unspecified atom stereocenters. The highest BCUT2D eigenvalue weighted by Crippen LogP contribution is 1.93. The molecule has 2 rings (SSSR count). The van der Waals surface area contributed by atoms with Crippen molar-refractivity contribution in [1.82, 2.24) is 14.6 Å². The number of H-pyrrole nitrogens is 1. The van der Waals surface area contributed by atoms with Crippen molar-refractivity contribution < 1.29 is 0 Å². The summed E-state index contributed by atoms with van der Waals surface area (Å²) in [4.78, 5) is 17.7. The first-order valence-corrected chi connectivity index (χ1v) is 4.49. The molecule has 0 fully saturated rings. The zero-order chi connectivity index (χ0) is 10.7. The number of hydrogen-bond acceptors (Lipinski definition) is 3. The van der Waals surface area contributed by atoms with Crippen LogP contribution in [-0.2, 0) is 0 Å². The highest BCUT2D eigenvalue weighted by atomic mass is 16.1. The van der Waals surface area contributed by atoms with Gasteiger partial charge in [-0.3, -0.25) is 4.98 Å². The van der Waals surface area contributed by atoms with Crippen LogP contribution in [0, 0.1) is 6.92 Å². The Kier molecular flexibility index (Phi) is 2.45. The Balaban J connectivity index is 2.30. The van der Waals surface area contributed by atoms with Crippen LogP contribution < -0.4 is 5.69 Å². The van der Waals surface area contributed by atoms with Crippen molar-refractivity contribution in [2.45, 2.75) is 6.92 Å². The molecule has 0 saturated carbocycles. The third-order valence-corrected chi connectivity index (χ3v) is 1.94. The molecule has 2 heterocycles. The average Bonchev–Trinajstić information content (AvgIpc) is 2.58. The van der Waals surface area contributed by atoms with Crippen LogP contribution in [0.2, 0.25) is 0 Å². The number of hydrogen-bond donors (Lipinski definition) is 1. The molecule has 0 radical (unpaired) electrons. The van der Waals surface area contributed by atoms with Gasteiger partial charge in [0.05, 0.1) is 11.9 Å². The van der Waals surface area contributed by atoms with Crippen LogP contribution in [0.3, 0.4) is 0 Å². The van der Waals surface area contributed by atoms with Gasteiger partial charge in [-0.25, -0.2) is 4.79 Å². The van der Waals surface area contributed by atoms with Gasteiger partial charge < -0.3 is 4.98 Å². The first-order valence-electron chi connectivity index (χ1n) is 4.49. The van der Waals surface area contributed by atoms with E-state index >= 15 is 0 Å². The summed E-state index contributed by atoms with van der Waals surface area (Å²) < 4.78 is 1.30. The van der Waals surface area contributed by atoms with E-state index < -0.39 is 0 Å². The van der Waals surface area contributed by atoms with Crippen LogP contribution in [-0.4, -0.2) is 20.9 Å². The second kappa shape index (κ2) is 3.91. The summed E-state index contributed by atoms with van der Waals surface area (Å²) in [5.74, 6) is 0. The zero-order valence-electron chi connectivity index (χ0n) is 8.21. The fourth-order valence-corrected chi connectivity index (χ4v) is 1.17. The van der Waals surface area contributed by atoms with Gasteiger partial charge in [0.2, 0.25) is 0 Å². The molecule has 0 aliphatic carbocycles. The SMILES string of the molecule is Cc1c[nH]c(=O)n1/N=C/c1cccnc1. The van der Waals surface area contributed by atoms with Crippen LogP contribution in [0.25, 0.3) is 0 Å². The number of nitrogens with one attached hydrogen (secondary N) is 1. The number of aromatic amines is 1. The lowest BCUT2D eigenvalue weighted by Crippen LogP contribution is -2.13. The van der Waals surface area contributed by atoms with Gasteiger partial charge in [-0.05, 0) is 13.0 Å². The Bertz CT molecular complexity index is 524. The Hall–Kier alpha value is -2.17. The molecule has 15 heavy (non-hydrogen) atoms. The maximum absolute atomic E-state index is 11.2. The van der Waals surface area contributed by atoms with Crippen LogP contribution in [0.4, 0.5) is 0 Å². The maximum atomic E-state index is 11.2. The molecular weight excluding hydrogens is 192 g/mol. The summed E-state index contributed by atoms with van der Waals surface area (Å²) in [6.45, 7) is 1.80. The van der Waals surface area contributed by atoms with Crippen molar-refractivity contribution in [3.05, 3.63) is 52.5 Å². The van der Waals surface area contributed by atoms with Gasteiger partial charge in [-0.15, -0.1) is 0 Å². The molecule has 0 saturated heterocycles. The van der Waals surface area contributed by atoms with Crippen molar-refractivity contribution >= 4 is 6.21 Å². The normalized spacial score (nSPS) is 11.0. The minimum absolute atomic E-state index is 0.243. The second-order valence-electron chi connectivity index (χ2n) is 3.08. The van der Waals surface area contributed by atoms with Gasteiger partial charge in [-0.2, -0.15) is 9.78 Å². The van der Waals surface area contributed by atoms with E-state index in [2.05, 4.69) is 15.1 Å². The quantitative estimate of drug-likeness (QED) is 0.731. The standard InChI is InChI=1S/C10H10N4O/c1-8-5-12-10(15)14(8)13-7-9-3-2-4-11-6-9/h2-7H,1H3,(H,12,15)/b13-7+. The van der Waals surface area contributed by atoms with Crippen LogP contribution in [0.15, 0.2) is 40.6 Å². The van der Waals surface area contributed by atoms with Crippen LogP contribution >= 0.6 is 0 Å². The summed E-state index contributed by atoms with van der Waals surface area (Å²) in [5, 5.41) is 4.04. The summed E-state index contributed by atoms with van der Waals surface area (Å²) >= 11 is 0. The van der Waals surface area contributed by atoms with Gasteiger partial charge in [0.25, 0.3) is 0 Å². The largest absolute Gasteiger partial charge is 0.346 e. The molecule has 0 aliphatic heterocycles. The Labute approximate surface area is 86.1 Å². The predicted molar refractivity (Wildman–Crippen MR) is 57.0 cm³/mol. The van der Waals surface area contributed by atoms with Crippen molar-refractivity contribution in [3.8, 4) is 0 Å². The molecule has 5 nitrogen and oxygen atoms in total. The summed E-state index contributed by atoms with van der Waals surface area (Å²) in [6.07, 6.45) is 6.57. The molecule has 76 valence electrons. The summed E-state index contributed by atoms with van der Waals surface area (Å²) in [7, 11) is 0. The predicted octanol–water partition coefficient (Wildman–Crippen LogP) is 0.762. The highest BCUT2D eigenvalue weighted by molar-refractivity contribution is 5.78. The number of imidazole rings is 1. The molecule has 1 N–H and O–H groups in total. The molecule has 0 amide bonds. The lowest BCUT2D eigenvalue weighted by molar-refractivity contribution is 0.804. The van der Waals surface area contributed by atoms with E-state index in [1.54, 1.807) is 31.7 Å². The van der Waals surface area contributed by atoms with Crippen molar-refractivity contribution in [2.75, 3.05) is 0 Å². The number of aryl methyl sites for hydroxylation is 1. The van der Waals surface area contributed by atoms with Crippen molar-refractivity contribution in [1.29, 1.82) is 0 Å². The van der Waals surface area contributed by atoms with E-state index in [1.807, 2.05) is 12.1 Å². The molecule has 0 aromatic carbocycles. The number of pyridine rings is 1. The van der Waals surface area contributed by atoms with E-state index in [0.29, 0.717) is 0 Å². The van der Waals surface area contributed by atoms with E-state index in [-0.39, 0.29) is 5.69 Å². The van der Waals surface area contributed by atoms with Gasteiger partial charge in [-0.1, -0.05) is 6.07 Å². The molecule has 0 bridgehead atoms. The molecule has 2 aromatic heterocycles. The Morgan fingerprint density at radius 3 is 3.07 bits per heavy atom. The average molecular weight is 202 g/mol. The Morgan fingerprint density at radius 2 is 2.47 bits per heavy atom. The third kappa shape index (κ3) is 2.01. The number of aromatic nitrogens is 3. The van der Waals surface area contributed by atoms with Gasteiger partial charge >= 0.3 is 5.69 Å². The zero-order valence-corrected chi connectivity index (χ0v) is 8.21. The lowest BCUT2D eigenvalue weighted by atomic mass is 10.3. The van der Waals surface area contributed by atoms with E-state index in [1.165, 1.54) is 4.68 Å². The summed E-state index contributed by atoms with van der Waals surface area (Å²) in [5.41, 5.74) is 1.37. The van der Waals surface area contributed by atoms with Gasteiger partial charge in [0.1, 0.15) is 0 Å². The number of nitrogens with zero attached hydrogens (tertiary/aromatic N) is 3. The molecule has 0 atom stereocenters. The van der Waals surface area contributed by atoms with E-state index in [0.717, 1.165) is 11.3 Å². The number of rotatable bonds is 2. The monoisotopic (exact) mass is 202 g/mol. The van der Waals surface area contributed by atoms with E-state index in [9.17, 15) is 4.79 Å². The smallest absolute Gasteiger partial charge is 0.311 e. The second-order valence-corrected chi connectivity index (χ2v) is 3.08. The maximum Gasteiger partial charge on any atom is 0.346 e. The minimum atomic E-state index is -0.243. The molecular formula is C10H10N4O.